The zero-order valence-electron chi connectivity index (χ0n) is 13.3. The zero-order chi connectivity index (χ0) is 14.4. The quantitative estimate of drug-likeness (QED) is 0.867. The second kappa shape index (κ2) is 4.88. The summed E-state index contributed by atoms with van der Waals surface area (Å²) in [6, 6.07) is 9.48. The number of hydrogen-bond acceptors (Lipinski definition) is 1. The van der Waals surface area contributed by atoms with Gasteiger partial charge in [0.2, 0.25) is 0 Å². The smallest absolute Gasteiger partial charge is 0.0558 e. The molecule has 1 aromatic heterocycles. The lowest BCUT2D eigenvalue weighted by atomic mass is 9.72. The van der Waals surface area contributed by atoms with Crippen LogP contribution in [0.4, 0.5) is 0 Å². The molecule has 112 valence electrons. The highest BCUT2D eigenvalue weighted by atomic mass is 15.2. The second-order valence-corrected chi connectivity index (χ2v) is 6.97. The first kappa shape index (κ1) is 13.4. The lowest BCUT2D eigenvalue weighted by Crippen LogP contribution is -2.37. The van der Waals surface area contributed by atoms with Crippen LogP contribution in [0, 0.1) is 5.41 Å². The summed E-state index contributed by atoms with van der Waals surface area (Å²) >= 11 is 0. The van der Waals surface area contributed by atoms with Gasteiger partial charge in [0, 0.05) is 23.1 Å². The molecule has 1 saturated heterocycles. The largest absolute Gasteiger partial charge is 0.357 e. The molecule has 21 heavy (non-hydrogen) atoms. The van der Waals surface area contributed by atoms with E-state index in [1.54, 1.807) is 5.56 Å². The number of nitrogens with zero attached hydrogens (tertiary/aromatic N) is 1. The standard InChI is InChI=1S/C19H26N2/c1-3-10-19(4-2)11-13-21-12-9-15-14-7-5-6-8-16(14)20-17(15)18(19)21/h5-8,18,20H,3-4,9-13H2,1-2H3/t18-,19+/m1/s1. The fourth-order valence-electron chi connectivity index (χ4n) is 5.03. The van der Waals surface area contributed by atoms with Crippen LogP contribution in [0.3, 0.4) is 0 Å². The average molecular weight is 282 g/mol. The molecule has 0 amide bonds. The summed E-state index contributed by atoms with van der Waals surface area (Å²) < 4.78 is 0. The van der Waals surface area contributed by atoms with Gasteiger partial charge in [-0.1, -0.05) is 38.5 Å². The molecule has 1 N–H and O–H groups in total. The maximum absolute atomic E-state index is 3.79. The maximum Gasteiger partial charge on any atom is 0.0558 e. The van der Waals surface area contributed by atoms with Crippen molar-refractivity contribution in [2.24, 2.45) is 5.41 Å². The van der Waals surface area contributed by atoms with Gasteiger partial charge in [-0.05, 0) is 49.3 Å². The molecular weight excluding hydrogens is 256 g/mol. The molecule has 2 heteroatoms. The van der Waals surface area contributed by atoms with Gasteiger partial charge in [-0.2, -0.15) is 0 Å². The summed E-state index contributed by atoms with van der Waals surface area (Å²) in [6.45, 7) is 7.27. The Labute approximate surface area is 127 Å². The SMILES string of the molecule is CCC[C@@]1(CC)CCN2CCc3c([nH]c4ccccc34)[C@@H]21. The minimum atomic E-state index is 0.491. The Kier molecular flexibility index (Phi) is 3.11. The van der Waals surface area contributed by atoms with Crippen LogP contribution in [0.25, 0.3) is 10.9 Å². The molecule has 1 fully saturated rings. The van der Waals surface area contributed by atoms with Crippen LogP contribution in [0.1, 0.15) is 56.8 Å². The number of hydrogen-bond donors (Lipinski definition) is 1. The summed E-state index contributed by atoms with van der Waals surface area (Å²) in [5.41, 5.74) is 4.96. The molecule has 4 rings (SSSR count). The van der Waals surface area contributed by atoms with Gasteiger partial charge in [0.05, 0.1) is 6.04 Å². The van der Waals surface area contributed by atoms with Gasteiger partial charge in [0.15, 0.2) is 0 Å². The van der Waals surface area contributed by atoms with E-state index in [1.165, 1.54) is 61.8 Å². The monoisotopic (exact) mass is 282 g/mol. The van der Waals surface area contributed by atoms with Crippen molar-refractivity contribution in [3.05, 3.63) is 35.5 Å². The third-order valence-electron chi connectivity index (χ3n) is 6.06. The van der Waals surface area contributed by atoms with Crippen LogP contribution in [0.15, 0.2) is 24.3 Å². The van der Waals surface area contributed by atoms with Crippen LogP contribution >= 0.6 is 0 Å². The van der Waals surface area contributed by atoms with Gasteiger partial charge in [0.25, 0.3) is 0 Å². The number of rotatable bonds is 3. The number of nitrogens with one attached hydrogen (secondary N) is 1. The summed E-state index contributed by atoms with van der Waals surface area (Å²) in [7, 11) is 0. The van der Waals surface area contributed by atoms with E-state index in [9.17, 15) is 0 Å². The summed E-state index contributed by atoms with van der Waals surface area (Å²) in [5, 5.41) is 1.46. The Hall–Kier alpha value is -1.28. The molecule has 1 aromatic carbocycles. The van der Waals surface area contributed by atoms with E-state index in [0.29, 0.717) is 11.5 Å². The van der Waals surface area contributed by atoms with E-state index in [1.807, 2.05) is 0 Å². The lowest BCUT2D eigenvalue weighted by molar-refractivity contribution is 0.124. The van der Waals surface area contributed by atoms with Crippen LogP contribution in [-0.2, 0) is 6.42 Å². The fourth-order valence-corrected chi connectivity index (χ4v) is 5.03. The molecular formula is C19H26N2. The third-order valence-corrected chi connectivity index (χ3v) is 6.06. The van der Waals surface area contributed by atoms with Crippen molar-refractivity contribution in [2.45, 2.75) is 52.0 Å². The number of para-hydroxylation sites is 1. The maximum atomic E-state index is 3.79. The van der Waals surface area contributed by atoms with Crippen molar-refractivity contribution in [1.29, 1.82) is 0 Å². The summed E-state index contributed by atoms with van der Waals surface area (Å²) in [6.07, 6.45) is 6.54. The molecule has 2 aliphatic rings. The molecule has 2 atom stereocenters. The van der Waals surface area contributed by atoms with E-state index in [2.05, 4.69) is 48.0 Å². The van der Waals surface area contributed by atoms with E-state index in [0.717, 1.165) is 0 Å². The van der Waals surface area contributed by atoms with Gasteiger partial charge in [-0.3, -0.25) is 4.90 Å². The van der Waals surface area contributed by atoms with E-state index in [4.69, 9.17) is 0 Å². The molecule has 3 heterocycles. The van der Waals surface area contributed by atoms with E-state index in [-0.39, 0.29) is 0 Å². The van der Waals surface area contributed by atoms with Gasteiger partial charge in [0.1, 0.15) is 0 Å². The minimum absolute atomic E-state index is 0.491. The van der Waals surface area contributed by atoms with E-state index < -0.39 is 0 Å². The van der Waals surface area contributed by atoms with Gasteiger partial charge in [-0.15, -0.1) is 0 Å². The Morgan fingerprint density at radius 2 is 2.10 bits per heavy atom. The molecule has 0 aliphatic carbocycles. The lowest BCUT2D eigenvalue weighted by Gasteiger charge is -2.40. The van der Waals surface area contributed by atoms with Gasteiger partial charge < -0.3 is 4.98 Å². The Bertz CT molecular complexity index is 657. The average Bonchev–Trinajstić information content (AvgIpc) is 3.06. The van der Waals surface area contributed by atoms with Crippen molar-refractivity contribution < 1.29 is 0 Å². The molecule has 2 aliphatic heterocycles. The highest BCUT2D eigenvalue weighted by molar-refractivity contribution is 5.85. The van der Waals surface area contributed by atoms with E-state index >= 15 is 0 Å². The topological polar surface area (TPSA) is 19.0 Å². The first-order valence-electron chi connectivity index (χ1n) is 8.62. The van der Waals surface area contributed by atoms with Crippen molar-refractivity contribution in [1.82, 2.24) is 9.88 Å². The summed E-state index contributed by atoms with van der Waals surface area (Å²) in [5.74, 6) is 0. The molecule has 0 bridgehead atoms. The number of H-pyrrole nitrogens is 1. The molecule has 0 radical (unpaired) electrons. The van der Waals surface area contributed by atoms with Crippen molar-refractivity contribution in [3.63, 3.8) is 0 Å². The number of aromatic amines is 1. The number of fused-ring (bicyclic) bond motifs is 5. The molecule has 2 nitrogen and oxygen atoms in total. The van der Waals surface area contributed by atoms with Crippen molar-refractivity contribution >= 4 is 10.9 Å². The predicted molar refractivity (Wildman–Crippen MR) is 88.6 cm³/mol. The zero-order valence-corrected chi connectivity index (χ0v) is 13.3. The van der Waals surface area contributed by atoms with Crippen LogP contribution in [0.5, 0.6) is 0 Å². The first-order chi connectivity index (χ1) is 10.3. The number of benzene rings is 1. The van der Waals surface area contributed by atoms with Crippen molar-refractivity contribution in [3.8, 4) is 0 Å². The molecule has 2 aromatic rings. The molecule has 0 saturated carbocycles. The minimum Gasteiger partial charge on any atom is -0.357 e. The van der Waals surface area contributed by atoms with Crippen molar-refractivity contribution in [2.75, 3.05) is 13.1 Å². The van der Waals surface area contributed by atoms with Gasteiger partial charge in [-0.25, -0.2) is 0 Å². The Morgan fingerprint density at radius 1 is 1.24 bits per heavy atom. The Morgan fingerprint density at radius 3 is 2.90 bits per heavy atom. The number of aromatic nitrogens is 1. The fraction of sp³-hybridized carbons (Fsp3) is 0.579. The summed E-state index contributed by atoms with van der Waals surface area (Å²) in [4.78, 5) is 6.54. The normalized spacial score (nSPS) is 28.8. The first-order valence-corrected chi connectivity index (χ1v) is 8.62. The third kappa shape index (κ3) is 1.81. The highest BCUT2D eigenvalue weighted by Crippen LogP contribution is 2.54. The van der Waals surface area contributed by atoms with Crippen LogP contribution < -0.4 is 0 Å². The molecule has 0 unspecified atom stereocenters. The second-order valence-electron chi connectivity index (χ2n) is 6.97. The van der Waals surface area contributed by atoms with Crippen LogP contribution in [0.2, 0.25) is 0 Å². The Balaban J connectivity index is 1.88. The van der Waals surface area contributed by atoms with Gasteiger partial charge >= 0.3 is 0 Å². The predicted octanol–water partition coefficient (Wildman–Crippen LogP) is 4.67. The highest BCUT2D eigenvalue weighted by Gasteiger charge is 2.49. The molecule has 0 spiro atoms. The van der Waals surface area contributed by atoms with Crippen LogP contribution in [-0.4, -0.2) is 23.0 Å².